The third kappa shape index (κ3) is 3.29. The van der Waals surface area contributed by atoms with Gasteiger partial charge in [0.05, 0.1) is 31.9 Å². The van der Waals surface area contributed by atoms with Crippen LogP contribution in [0.3, 0.4) is 0 Å². The number of carbonyl (C=O) groups is 1. The fraction of sp³-hybridized carbons (Fsp3) is 0.300. The maximum atomic E-state index is 12.9. The second-order valence-corrected chi connectivity index (χ2v) is 5.96. The topological polar surface area (TPSA) is 62.6 Å². The normalized spacial score (nSPS) is 16.4. The van der Waals surface area contributed by atoms with Crippen molar-refractivity contribution in [1.29, 1.82) is 5.26 Å². The highest BCUT2D eigenvalue weighted by atomic mass is 16.5. The lowest BCUT2D eigenvalue weighted by molar-refractivity contribution is 0.0735. The van der Waals surface area contributed by atoms with Gasteiger partial charge in [0.1, 0.15) is 0 Å². The number of hydrogen-bond acceptors (Lipinski definition) is 4. The molecule has 1 unspecified atom stereocenters. The van der Waals surface area contributed by atoms with E-state index in [0.717, 1.165) is 24.9 Å². The summed E-state index contributed by atoms with van der Waals surface area (Å²) in [5.41, 5.74) is 2.19. The zero-order valence-electron chi connectivity index (χ0n) is 14.4. The summed E-state index contributed by atoms with van der Waals surface area (Å²) in [6.07, 6.45) is 1.87. The Hall–Kier alpha value is -3.00. The minimum Gasteiger partial charge on any atom is -0.493 e. The van der Waals surface area contributed by atoms with Gasteiger partial charge < -0.3 is 14.4 Å². The predicted octanol–water partition coefficient (Wildman–Crippen LogP) is 3.55. The molecule has 1 heterocycles. The van der Waals surface area contributed by atoms with Crippen molar-refractivity contribution in [3.63, 3.8) is 0 Å². The molecule has 5 heteroatoms. The molecule has 1 aliphatic heterocycles. The van der Waals surface area contributed by atoms with E-state index in [1.807, 2.05) is 23.1 Å². The third-order valence-corrected chi connectivity index (χ3v) is 4.57. The molecule has 25 heavy (non-hydrogen) atoms. The molecule has 1 fully saturated rings. The maximum absolute atomic E-state index is 12.9. The molecule has 1 saturated heterocycles. The molecule has 1 atom stereocenters. The average molecular weight is 336 g/mol. The summed E-state index contributed by atoms with van der Waals surface area (Å²) >= 11 is 0. The van der Waals surface area contributed by atoms with Gasteiger partial charge in [-0.15, -0.1) is 0 Å². The Morgan fingerprint density at radius 3 is 2.48 bits per heavy atom. The van der Waals surface area contributed by atoms with Crippen molar-refractivity contribution in [2.24, 2.45) is 0 Å². The van der Waals surface area contributed by atoms with E-state index in [9.17, 15) is 4.79 Å². The molecular formula is C20H20N2O3. The second-order valence-electron chi connectivity index (χ2n) is 5.96. The highest BCUT2D eigenvalue weighted by molar-refractivity contribution is 5.94. The van der Waals surface area contributed by atoms with Crippen molar-refractivity contribution in [2.45, 2.75) is 18.9 Å². The van der Waals surface area contributed by atoms with E-state index in [1.165, 1.54) is 0 Å². The summed E-state index contributed by atoms with van der Waals surface area (Å²) in [4.78, 5) is 14.8. The van der Waals surface area contributed by atoms with E-state index < -0.39 is 0 Å². The largest absolute Gasteiger partial charge is 0.493 e. The molecule has 2 aromatic carbocycles. The predicted molar refractivity (Wildman–Crippen MR) is 93.7 cm³/mol. The van der Waals surface area contributed by atoms with Crippen LogP contribution in [0.5, 0.6) is 11.5 Å². The van der Waals surface area contributed by atoms with Crippen molar-refractivity contribution >= 4 is 5.91 Å². The van der Waals surface area contributed by atoms with E-state index in [0.29, 0.717) is 22.6 Å². The van der Waals surface area contributed by atoms with Gasteiger partial charge in [-0.05, 0) is 54.8 Å². The number of nitriles is 1. The lowest BCUT2D eigenvalue weighted by Crippen LogP contribution is -2.30. The minimum atomic E-state index is -0.0122. The van der Waals surface area contributed by atoms with E-state index >= 15 is 0 Å². The number of methoxy groups -OCH3 is 2. The average Bonchev–Trinajstić information content (AvgIpc) is 3.16. The van der Waals surface area contributed by atoms with Crippen molar-refractivity contribution < 1.29 is 14.3 Å². The number of rotatable bonds is 4. The summed E-state index contributed by atoms with van der Waals surface area (Å²) in [6, 6.07) is 14.7. The second kappa shape index (κ2) is 7.27. The molecule has 1 amide bonds. The number of nitrogens with zero attached hydrogens (tertiary/aromatic N) is 2. The van der Waals surface area contributed by atoms with Gasteiger partial charge >= 0.3 is 0 Å². The van der Waals surface area contributed by atoms with Gasteiger partial charge in [-0.1, -0.05) is 6.07 Å². The molecule has 2 aromatic rings. The van der Waals surface area contributed by atoms with Gasteiger partial charge in [0, 0.05) is 12.1 Å². The Bertz CT molecular complexity index is 809. The molecular weight excluding hydrogens is 316 g/mol. The SMILES string of the molecule is COc1ccc(C2CCCN2C(=O)c2ccc(C#N)cc2)cc1OC. The van der Waals surface area contributed by atoms with E-state index in [4.69, 9.17) is 14.7 Å². The number of ether oxygens (including phenoxy) is 2. The van der Waals surface area contributed by atoms with Gasteiger partial charge in [0.2, 0.25) is 0 Å². The molecule has 0 aromatic heterocycles. The number of benzene rings is 2. The van der Waals surface area contributed by atoms with Crippen LogP contribution in [0.4, 0.5) is 0 Å². The number of carbonyl (C=O) groups excluding carboxylic acids is 1. The minimum absolute atomic E-state index is 0.0122. The van der Waals surface area contributed by atoms with Crippen LogP contribution in [-0.4, -0.2) is 31.6 Å². The lowest BCUT2D eigenvalue weighted by atomic mass is 10.0. The highest BCUT2D eigenvalue weighted by Gasteiger charge is 2.31. The van der Waals surface area contributed by atoms with Gasteiger partial charge in [-0.2, -0.15) is 5.26 Å². The first-order chi connectivity index (χ1) is 12.2. The monoisotopic (exact) mass is 336 g/mol. The maximum Gasteiger partial charge on any atom is 0.254 e. The summed E-state index contributed by atoms with van der Waals surface area (Å²) in [7, 11) is 3.21. The van der Waals surface area contributed by atoms with Gasteiger partial charge in [0.25, 0.3) is 5.91 Å². The van der Waals surface area contributed by atoms with Crippen LogP contribution in [0.15, 0.2) is 42.5 Å². The molecule has 5 nitrogen and oxygen atoms in total. The number of likely N-dealkylation sites (tertiary alicyclic amines) is 1. The summed E-state index contributed by atoms with van der Waals surface area (Å²) in [5, 5.41) is 8.89. The fourth-order valence-electron chi connectivity index (χ4n) is 3.27. The molecule has 0 aliphatic carbocycles. The van der Waals surface area contributed by atoms with Crippen LogP contribution >= 0.6 is 0 Å². The summed E-state index contributed by atoms with van der Waals surface area (Å²) < 4.78 is 10.7. The van der Waals surface area contributed by atoms with Gasteiger partial charge in [-0.25, -0.2) is 0 Å². The smallest absolute Gasteiger partial charge is 0.254 e. The first-order valence-electron chi connectivity index (χ1n) is 8.21. The zero-order chi connectivity index (χ0) is 17.8. The van der Waals surface area contributed by atoms with Crippen molar-refractivity contribution in [3.05, 3.63) is 59.2 Å². The van der Waals surface area contributed by atoms with Crippen LogP contribution in [0, 0.1) is 11.3 Å². The molecule has 0 radical (unpaired) electrons. The quantitative estimate of drug-likeness (QED) is 0.856. The van der Waals surface area contributed by atoms with Crippen LogP contribution in [0.1, 0.15) is 40.4 Å². The Morgan fingerprint density at radius 1 is 1.12 bits per heavy atom. The van der Waals surface area contributed by atoms with Crippen molar-refractivity contribution in [2.75, 3.05) is 20.8 Å². The summed E-state index contributed by atoms with van der Waals surface area (Å²) in [5.74, 6) is 1.33. The molecule has 128 valence electrons. The van der Waals surface area contributed by atoms with Crippen LogP contribution in [0.25, 0.3) is 0 Å². The number of amides is 1. The molecule has 1 aliphatic rings. The molecule has 0 spiro atoms. The first-order valence-corrected chi connectivity index (χ1v) is 8.21. The van der Waals surface area contributed by atoms with Gasteiger partial charge in [-0.3, -0.25) is 4.79 Å². The lowest BCUT2D eigenvalue weighted by Gasteiger charge is -2.26. The molecule has 0 saturated carbocycles. The van der Waals surface area contributed by atoms with Crippen molar-refractivity contribution in [1.82, 2.24) is 4.90 Å². The highest BCUT2D eigenvalue weighted by Crippen LogP contribution is 2.37. The van der Waals surface area contributed by atoms with Crippen LogP contribution in [-0.2, 0) is 0 Å². The summed E-state index contributed by atoms with van der Waals surface area (Å²) in [6.45, 7) is 0.720. The fourth-order valence-corrected chi connectivity index (χ4v) is 3.27. The van der Waals surface area contributed by atoms with Crippen LogP contribution in [0.2, 0.25) is 0 Å². The molecule has 0 bridgehead atoms. The van der Waals surface area contributed by atoms with Gasteiger partial charge in [0.15, 0.2) is 11.5 Å². The Kier molecular flexibility index (Phi) is 4.90. The standard InChI is InChI=1S/C20H20N2O3/c1-24-18-10-9-16(12-19(18)25-2)17-4-3-11-22(17)20(23)15-7-5-14(13-21)6-8-15/h5-10,12,17H,3-4,11H2,1-2H3. The Balaban J connectivity index is 1.87. The third-order valence-electron chi connectivity index (χ3n) is 4.57. The van der Waals surface area contributed by atoms with Crippen LogP contribution < -0.4 is 9.47 Å². The van der Waals surface area contributed by atoms with E-state index in [-0.39, 0.29) is 11.9 Å². The first kappa shape index (κ1) is 16.8. The molecule has 3 rings (SSSR count). The Labute approximate surface area is 147 Å². The Morgan fingerprint density at radius 2 is 1.84 bits per heavy atom. The molecule has 0 N–H and O–H groups in total. The van der Waals surface area contributed by atoms with E-state index in [2.05, 4.69) is 6.07 Å². The number of hydrogen-bond donors (Lipinski definition) is 0. The van der Waals surface area contributed by atoms with Crippen molar-refractivity contribution in [3.8, 4) is 17.6 Å². The van der Waals surface area contributed by atoms with E-state index in [1.54, 1.807) is 38.5 Å². The zero-order valence-corrected chi connectivity index (χ0v) is 14.4.